The third-order valence-corrected chi connectivity index (χ3v) is 1.67. The fraction of sp³-hybridized carbons (Fsp3) is 0.333. The van der Waals surface area contributed by atoms with Crippen LogP contribution in [0.5, 0.6) is 5.75 Å². The van der Waals surface area contributed by atoms with Crippen molar-refractivity contribution in [3.63, 3.8) is 0 Å². The number of rotatable bonds is 5. The molecule has 1 aromatic rings. The van der Waals surface area contributed by atoms with Crippen LogP contribution in [0, 0.1) is 0 Å². The minimum atomic E-state index is 0.353. The van der Waals surface area contributed by atoms with Gasteiger partial charge in [-0.25, -0.2) is 5.90 Å². The van der Waals surface area contributed by atoms with Gasteiger partial charge in [0.05, 0.1) is 7.11 Å². The molecular weight excluding hydrogens is 168 g/mol. The van der Waals surface area contributed by atoms with E-state index in [0.717, 1.165) is 17.9 Å². The number of hydrogen-bond donors (Lipinski definition) is 2. The predicted octanol–water partition coefficient (Wildman–Crippen LogP) is 0.633. The van der Waals surface area contributed by atoms with Crippen LogP contribution in [0.15, 0.2) is 24.3 Å². The molecule has 0 spiro atoms. The minimum Gasteiger partial charge on any atom is -0.497 e. The summed E-state index contributed by atoms with van der Waals surface area (Å²) in [6.45, 7) is 1.09. The first kappa shape index (κ1) is 9.98. The highest BCUT2D eigenvalue weighted by molar-refractivity contribution is 5.26. The average Bonchev–Trinajstić information content (AvgIpc) is 2.19. The second kappa shape index (κ2) is 5.53. The normalized spacial score (nSPS) is 10.0. The first-order valence-corrected chi connectivity index (χ1v) is 4.02. The number of nitrogens with two attached hydrogens (primary N) is 1. The van der Waals surface area contributed by atoms with E-state index in [2.05, 4.69) is 10.2 Å². The molecule has 0 aliphatic heterocycles. The van der Waals surface area contributed by atoms with Gasteiger partial charge >= 0.3 is 0 Å². The van der Waals surface area contributed by atoms with Crippen LogP contribution in [0.2, 0.25) is 0 Å². The average molecular weight is 182 g/mol. The fourth-order valence-electron chi connectivity index (χ4n) is 0.998. The van der Waals surface area contributed by atoms with Crippen molar-refractivity contribution < 1.29 is 9.57 Å². The summed E-state index contributed by atoms with van der Waals surface area (Å²) >= 11 is 0. The van der Waals surface area contributed by atoms with Crippen molar-refractivity contribution in [3.8, 4) is 5.75 Å². The van der Waals surface area contributed by atoms with Gasteiger partial charge in [-0.2, -0.15) is 0 Å². The summed E-state index contributed by atoms with van der Waals surface area (Å²) in [6, 6.07) is 7.81. The van der Waals surface area contributed by atoms with E-state index in [1.165, 1.54) is 0 Å². The largest absolute Gasteiger partial charge is 0.497 e. The van der Waals surface area contributed by atoms with Crippen molar-refractivity contribution in [2.24, 2.45) is 5.90 Å². The highest BCUT2D eigenvalue weighted by Crippen LogP contribution is 2.10. The summed E-state index contributed by atoms with van der Waals surface area (Å²) in [6.07, 6.45) is 0. The maximum atomic E-state index is 5.03. The van der Waals surface area contributed by atoms with Crippen LogP contribution in [-0.2, 0) is 11.4 Å². The monoisotopic (exact) mass is 182 g/mol. The second-order valence-electron chi connectivity index (χ2n) is 2.59. The van der Waals surface area contributed by atoms with Gasteiger partial charge in [0.15, 0.2) is 0 Å². The Kier molecular flexibility index (Phi) is 4.25. The van der Waals surface area contributed by atoms with Crippen LogP contribution < -0.4 is 16.0 Å². The highest BCUT2D eigenvalue weighted by Gasteiger charge is 1.92. The van der Waals surface area contributed by atoms with Gasteiger partial charge in [-0.05, 0) is 17.7 Å². The molecule has 0 aliphatic rings. The Morgan fingerprint density at radius 2 is 2.00 bits per heavy atom. The first-order chi connectivity index (χ1) is 6.36. The smallest absolute Gasteiger partial charge is 0.118 e. The Labute approximate surface area is 77.6 Å². The quantitative estimate of drug-likeness (QED) is 0.398. The van der Waals surface area contributed by atoms with E-state index in [-0.39, 0.29) is 0 Å². The SMILES string of the molecule is COc1ccc(CNCON)cc1. The summed E-state index contributed by atoms with van der Waals surface area (Å²) in [7, 11) is 1.65. The lowest BCUT2D eigenvalue weighted by Crippen LogP contribution is -2.19. The van der Waals surface area contributed by atoms with E-state index in [4.69, 9.17) is 10.6 Å². The van der Waals surface area contributed by atoms with E-state index >= 15 is 0 Å². The van der Waals surface area contributed by atoms with Crippen molar-refractivity contribution in [2.45, 2.75) is 6.54 Å². The Balaban J connectivity index is 2.40. The van der Waals surface area contributed by atoms with Gasteiger partial charge in [0.25, 0.3) is 0 Å². The number of hydrogen-bond acceptors (Lipinski definition) is 4. The molecule has 0 amide bonds. The molecule has 0 heterocycles. The summed E-state index contributed by atoms with van der Waals surface area (Å²) in [5.41, 5.74) is 1.16. The van der Waals surface area contributed by atoms with E-state index in [9.17, 15) is 0 Å². The van der Waals surface area contributed by atoms with E-state index < -0.39 is 0 Å². The molecule has 1 aromatic carbocycles. The zero-order valence-electron chi connectivity index (χ0n) is 7.62. The molecule has 0 aliphatic carbocycles. The molecule has 3 N–H and O–H groups in total. The summed E-state index contributed by atoms with van der Waals surface area (Å²) in [5, 5.41) is 3.00. The van der Waals surface area contributed by atoms with Gasteiger partial charge in [-0.3, -0.25) is 10.2 Å². The molecule has 0 radical (unpaired) electrons. The van der Waals surface area contributed by atoms with Gasteiger partial charge in [0.2, 0.25) is 0 Å². The first-order valence-electron chi connectivity index (χ1n) is 4.02. The van der Waals surface area contributed by atoms with Crippen LogP contribution in [0.25, 0.3) is 0 Å². The predicted molar refractivity (Wildman–Crippen MR) is 50.0 cm³/mol. The third kappa shape index (κ3) is 3.42. The molecule has 0 saturated carbocycles. The molecule has 0 fully saturated rings. The maximum absolute atomic E-state index is 5.03. The number of methoxy groups -OCH3 is 1. The van der Waals surface area contributed by atoms with Gasteiger partial charge in [-0.15, -0.1) is 0 Å². The van der Waals surface area contributed by atoms with E-state index in [1.807, 2.05) is 24.3 Å². The summed E-state index contributed by atoms with van der Waals surface area (Å²) in [5.74, 6) is 5.72. The standard InChI is InChI=1S/C9H14N2O2/c1-12-9-4-2-8(3-5-9)6-11-7-13-10/h2-5,11H,6-7,10H2,1H3. The third-order valence-electron chi connectivity index (χ3n) is 1.67. The Morgan fingerprint density at radius 3 is 2.54 bits per heavy atom. The van der Waals surface area contributed by atoms with Crippen molar-refractivity contribution in [1.82, 2.24) is 5.32 Å². The summed E-state index contributed by atoms with van der Waals surface area (Å²) < 4.78 is 5.03. The van der Waals surface area contributed by atoms with Gasteiger partial charge < -0.3 is 4.74 Å². The lowest BCUT2D eigenvalue weighted by atomic mass is 10.2. The molecular formula is C9H14N2O2. The van der Waals surface area contributed by atoms with Crippen LogP contribution in [-0.4, -0.2) is 13.8 Å². The fourth-order valence-corrected chi connectivity index (χ4v) is 0.998. The maximum Gasteiger partial charge on any atom is 0.118 e. The summed E-state index contributed by atoms with van der Waals surface area (Å²) in [4.78, 5) is 4.37. The molecule has 1 rings (SSSR count). The lowest BCUT2D eigenvalue weighted by molar-refractivity contribution is 0.118. The lowest BCUT2D eigenvalue weighted by Gasteiger charge is -2.04. The highest BCUT2D eigenvalue weighted by atomic mass is 16.6. The second-order valence-corrected chi connectivity index (χ2v) is 2.59. The van der Waals surface area contributed by atoms with E-state index in [0.29, 0.717) is 6.73 Å². The molecule has 0 aromatic heterocycles. The van der Waals surface area contributed by atoms with Crippen LogP contribution >= 0.6 is 0 Å². The molecule has 4 heteroatoms. The van der Waals surface area contributed by atoms with Gasteiger partial charge in [0.1, 0.15) is 12.5 Å². The Morgan fingerprint density at radius 1 is 1.31 bits per heavy atom. The Bertz CT molecular complexity index is 236. The molecule has 72 valence electrons. The molecule has 13 heavy (non-hydrogen) atoms. The van der Waals surface area contributed by atoms with Gasteiger partial charge in [0, 0.05) is 6.54 Å². The van der Waals surface area contributed by atoms with Crippen LogP contribution in [0.3, 0.4) is 0 Å². The van der Waals surface area contributed by atoms with Crippen molar-refractivity contribution in [3.05, 3.63) is 29.8 Å². The minimum absolute atomic E-state index is 0.353. The Hall–Kier alpha value is -1.10. The molecule has 0 atom stereocenters. The van der Waals surface area contributed by atoms with Gasteiger partial charge in [-0.1, -0.05) is 12.1 Å². The molecule has 0 saturated heterocycles. The number of ether oxygens (including phenoxy) is 1. The topological polar surface area (TPSA) is 56.5 Å². The molecule has 0 bridgehead atoms. The zero-order valence-corrected chi connectivity index (χ0v) is 7.62. The zero-order chi connectivity index (χ0) is 9.52. The molecule has 4 nitrogen and oxygen atoms in total. The molecule has 0 unspecified atom stereocenters. The van der Waals surface area contributed by atoms with Crippen molar-refractivity contribution in [1.29, 1.82) is 0 Å². The van der Waals surface area contributed by atoms with Crippen molar-refractivity contribution >= 4 is 0 Å². The van der Waals surface area contributed by atoms with Crippen molar-refractivity contribution in [2.75, 3.05) is 13.8 Å². The van der Waals surface area contributed by atoms with E-state index in [1.54, 1.807) is 7.11 Å². The van der Waals surface area contributed by atoms with Crippen LogP contribution in [0.4, 0.5) is 0 Å². The van der Waals surface area contributed by atoms with Crippen LogP contribution in [0.1, 0.15) is 5.56 Å². The number of benzene rings is 1. The number of nitrogens with one attached hydrogen (secondary N) is 1.